The number of rotatable bonds is 13. The highest BCUT2D eigenvalue weighted by molar-refractivity contribution is 6.02. The number of benzene rings is 8. The number of ether oxygens (including phenoxy) is 5. The Kier molecular flexibility index (Phi) is 17.9. The van der Waals surface area contributed by atoms with Crippen LogP contribution in [0.5, 0.6) is 46.0 Å². The van der Waals surface area contributed by atoms with E-state index in [4.69, 9.17) is 39.0 Å². The molecule has 0 saturated carbocycles. The molecule has 0 unspecified atom stereocenters. The summed E-state index contributed by atoms with van der Waals surface area (Å²) in [6.45, 7) is 3.43. The Balaban J connectivity index is 0.000000172. The second kappa shape index (κ2) is 24.3. The first-order chi connectivity index (χ1) is 32.7. The molecule has 0 bridgehead atoms. The average molecular weight is 927 g/mol. The fourth-order valence-electron chi connectivity index (χ4n) is 6.42. The maximum absolute atomic E-state index is 11.2. The van der Waals surface area contributed by atoms with Gasteiger partial charge in [-0.1, -0.05) is 36.4 Å². The number of esters is 2. The highest BCUT2D eigenvalue weighted by Crippen LogP contribution is 2.30. The maximum Gasteiger partial charge on any atom is 0.344 e. The van der Waals surface area contributed by atoms with Gasteiger partial charge in [0.2, 0.25) is 0 Å². The van der Waals surface area contributed by atoms with Crippen LogP contribution in [0.15, 0.2) is 133 Å². The lowest BCUT2D eigenvalue weighted by Gasteiger charge is -2.08. The van der Waals surface area contributed by atoms with Crippen LogP contribution >= 0.6 is 0 Å². The molecule has 8 rings (SSSR count). The number of fused-ring (bicyclic) bond motifs is 4. The number of phenols is 5. The minimum atomic E-state index is -1.06. The molecule has 0 aromatic heterocycles. The second-order valence-electron chi connectivity index (χ2n) is 14.3. The smallest absolute Gasteiger partial charge is 0.344 e. The fourth-order valence-corrected chi connectivity index (χ4v) is 6.42. The molecular weight excluding hydrogens is 881 g/mol. The fraction of sp³-hybridized carbons (Fsp3) is 0.135. The summed E-state index contributed by atoms with van der Waals surface area (Å²) in [4.78, 5) is 54.6. The summed E-state index contributed by atoms with van der Waals surface area (Å²) in [5.41, 5.74) is 0.441. The van der Waals surface area contributed by atoms with Crippen LogP contribution in [0.3, 0.4) is 0 Å². The Bertz CT molecular complexity index is 3030. The Labute approximate surface area is 388 Å². The molecule has 0 aliphatic heterocycles. The van der Waals surface area contributed by atoms with Gasteiger partial charge in [0.15, 0.2) is 32.4 Å². The molecule has 0 radical (unpaired) electrons. The van der Waals surface area contributed by atoms with Crippen LogP contribution < -0.4 is 14.2 Å². The second-order valence-corrected chi connectivity index (χ2v) is 14.3. The molecule has 350 valence electrons. The van der Waals surface area contributed by atoms with Crippen molar-refractivity contribution in [2.75, 3.05) is 33.0 Å². The molecule has 0 spiro atoms. The molecule has 0 amide bonds. The maximum atomic E-state index is 11.2. The highest BCUT2D eigenvalue weighted by atomic mass is 16.6. The molecule has 0 atom stereocenters. The van der Waals surface area contributed by atoms with E-state index >= 15 is 0 Å². The van der Waals surface area contributed by atoms with Crippen LogP contribution in [0, 0.1) is 0 Å². The monoisotopic (exact) mass is 926 g/mol. The zero-order valence-electron chi connectivity index (χ0n) is 36.7. The van der Waals surface area contributed by atoms with Gasteiger partial charge >= 0.3 is 17.9 Å². The molecule has 8 aromatic rings. The minimum Gasteiger partial charge on any atom is -0.508 e. The molecule has 6 N–H and O–H groups in total. The van der Waals surface area contributed by atoms with Crippen molar-refractivity contribution < 1.29 is 78.3 Å². The van der Waals surface area contributed by atoms with Gasteiger partial charge in [-0.15, -0.1) is 0 Å². The number of aromatic hydroxyl groups is 5. The Hall–Kier alpha value is -9.05. The SMILES string of the molecule is CCOC(=O)COc1ccc2c(C=O)c(O)ccc2c1.CCOC(=O)COc1ccc2cc(O)ccc2c1.O=Cc1c(O)ccc2cc(OCC(=O)O)ccc12.Oc1ccc2cc(O)ccc2c1. The zero-order chi connectivity index (χ0) is 49.2. The summed E-state index contributed by atoms with van der Waals surface area (Å²) in [5, 5.41) is 61.6. The Morgan fingerprint density at radius 1 is 0.426 bits per heavy atom. The first kappa shape index (κ1) is 50.0. The molecule has 68 heavy (non-hydrogen) atoms. The summed E-state index contributed by atoms with van der Waals surface area (Å²) in [7, 11) is 0. The number of hydrogen-bond acceptors (Lipinski definition) is 15. The normalized spacial score (nSPS) is 10.3. The molecule has 16 nitrogen and oxygen atoms in total. The van der Waals surface area contributed by atoms with Crippen molar-refractivity contribution in [1.82, 2.24) is 0 Å². The third kappa shape index (κ3) is 14.2. The molecule has 0 saturated heterocycles. The van der Waals surface area contributed by atoms with Crippen LogP contribution in [0.1, 0.15) is 34.6 Å². The van der Waals surface area contributed by atoms with E-state index in [0.717, 1.165) is 26.9 Å². The van der Waals surface area contributed by atoms with Gasteiger partial charge in [-0.2, -0.15) is 0 Å². The van der Waals surface area contributed by atoms with Gasteiger partial charge in [-0.05, 0) is 154 Å². The minimum absolute atomic E-state index is 0.0623. The van der Waals surface area contributed by atoms with Gasteiger partial charge in [-0.25, -0.2) is 14.4 Å². The molecule has 0 fully saturated rings. The molecule has 0 heterocycles. The van der Waals surface area contributed by atoms with Crippen LogP contribution in [-0.4, -0.2) is 94.2 Å². The van der Waals surface area contributed by atoms with Crippen LogP contribution in [-0.2, 0) is 23.9 Å². The van der Waals surface area contributed by atoms with E-state index in [1.54, 1.807) is 123 Å². The number of carbonyl (C=O) groups is 5. The largest absolute Gasteiger partial charge is 0.508 e. The average Bonchev–Trinajstić information content (AvgIpc) is 3.33. The lowest BCUT2D eigenvalue weighted by Crippen LogP contribution is -2.14. The van der Waals surface area contributed by atoms with Crippen molar-refractivity contribution in [3.8, 4) is 46.0 Å². The first-order valence-corrected chi connectivity index (χ1v) is 20.7. The van der Waals surface area contributed by atoms with Gasteiger partial charge in [-0.3, -0.25) is 9.59 Å². The third-order valence-electron chi connectivity index (χ3n) is 9.54. The first-order valence-electron chi connectivity index (χ1n) is 20.7. The van der Waals surface area contributed by atoms with E-state index in [0.29, 0.717) is 59.2 Å². The number of aldehydes is 2. The van der Waals surface area contributed by atoms with Crippen molar-refractivity contribution in [1.29, 1.82) is 0 Å². The number of carboxylic acid groups (broad SMARTS) is 1. The van der Waals surface area contributed by atoms with Gasteiger partial charge < -0.3 is 54.3 Å². The van der Waals surface area contributed by atoms with Crippen LogP contribution in [0.4, 0.5) is 0 Å². The summed E-state index contributed by atoms with van der Waals surface area (Å²) < 4.78 is 25.2. The third-order valence-corrected chi connectivity index (χ3v) is 9.54. The predicted octanol–water partition coefficient (Wildman–Crippen LogP) is 8.86. The van der Waals surface area contributed by atoms with Crippen LogP contribution in [0.2, 0.25) is 0 Å². The standard InChI is InChI=1S/C15H14O5.C14H14O4.C13H10O5.C10H8O2/c1-2-19-15(18)9-20-11-4-5-12-10(7-11)3-6-14(17)13(12)8-16;1-2-17-14(16)9-18-13-6-4-10-7-12(15)5-3-11(10)8-13;14-6-11-10-3-2-9(18-7-13(16)17)5-8(10)1-4-12(11)15;11-9-3-1-7-5-10(12)4-2-8(7)6-9/h3-8,17H,2,9H2,1H3;3-8,15H,2,9H2,1H3;1-6,15H,7H2,(H,16,17);1-6,11-12H. The van der Waals surface area contributed by atoms with E-state index in [9.17, 15) is 39.3 Å². The zero-order valence-corrected chi connectivity index (χ0v) is 36.7. The molecule has 8 aromatic carbocycles. The van der Waals surface area contributed by atoms with Crippen molar-refractivity contribution in [3.63, 3.8) is 0 Å². The number of carbonyl (C=O) groups excluding carboxylic acids is 4. The van der Waals surface area contributed by atoms with Crippen molar-refractivity contribution >= 4 is 73.6 Å². The number of aliphatic carboxylic acids is 1. The number of hydrogen-bond donors (Lipinski definition) is 6. The van der Waals surface area contributed by atoms with E-state index < -0.39 is 18.5 Å². The summed E-state index contributed by atoms with van der Waals surface area (Å²) in [6, 6.07) is 36.5. The van der Waals surface area contributed by atoms with Gasteiger partial charge in [0.05, 0.1) is 24.3 Å². The highest BCUT2D eigenvalue weighted by Gasteiger charge is 2.10. The molecule has 0 aliphatic rings. The molecular formula is C52H46O16. The van der Waals surface area contributed by atoms with E-state index in [1.165, 1.54) is 12.1 Å². The Morgan fingerprint density at radius 3 is 1.12 bits per heavy atom. The van der Waals surface area contributed by atoms with E-state index in [2.05, 4.69) is 0 Å². The lowest BCUT2D eigenvalue weighted by atomic mass is 10.0. The predicted molar refractivity (Wildman–Crippen MR) is 252 cm³/mol. The number of carboxylic acids is 1. The molecule has 0 aliphatic carbocycles. The van der Waals surface area contributed by atoms with E-state index in [-0.39, 0.29) is 59.1 Å². The quantitative estimate of drug-likeness (QED) is 0.0466. The lowest BCUT2D eigenvalue weighted by molar-refractivity contribution is -0.146. The van der Waals surface area contributed by atoms with Crippen molar-refractivity contribution in [2.45, 2.75) is 13.8 Å². The van der Waals surface area contributed by atoms with Crippen LogP contribution in [0.25, 0.3) is 43.1 Å². The van der Waals surface area contributed by atoms with Crippen molar-refractivity contribution in [2.24, 2.45) is 0 Å². The summed E-state index contributed by atoms with van der Waals surface area (Å²) >= 11 is 0. The van der Waals surface area contributed by atoms with Gasteiger partial charge in [0, 0.05) is 0 Å². The van der Waals surface area contributed by atoms with E-state index in [1.807, 2.05) is 12.1 Å². The number of phenolic OH excluding ortho intramolecular Hbond substituents is 5. The van der Waals surface area contributed by atoms with Gasteiger partial charge in [0.1, 0.15) is 46.0 Å². The van der Waals surface area contributed by atoms with Crippen molar-refractivity contribution in [3.05, 3.63) is 145 Å². The summed E-state index contributed by atoms with van der Waals surface area (Å²) in [5.74, 6) is 0.166. The topological polar surface area (TPSA) is 253 Å². The Morgan fingerprint density at radius 2 is 0.750 bits per heavy atom. The van der Waals surface area contributed by atoms with Gasteiger partial charge in [0.25, 0.3) is 0 Å². The molecule has 16 heteroatoms. The summed E-state index contributed by atoms with van der Waals surface area (Å²) in [6.07, 6.45) is 1.19.